The van der Waals surface area contributed by atoms with Crippen molar-refractivity contribution in [2.24, 2.45) is 5.84 Å². The van der Waals surface area contributed by atoms with Gasteiger partial charge in [0.25, 0.3) is 0 Å². The Labute approximate surface area is 104 Å². The largest absolute Gasteiger partial charge is 0.494 e. The number of nitrogens with zero attached hydrogens (tertiary/aromatic N) is 2. The van der Waals surface area contributed by atoms with Gasteiger partial charge in [-0.2, -0.15) is 0 Å². The van der Waals surface area contributed by atoms with Gasteiger partial charge < -0.3 is 4.74 Å². The zero-order valence-electron chi connectivity index (χ0n) is 9.80. The van der Waals surface area contributed by atoms with Gasteiger partial charge in [0.2, 0.25) is 0 Å². The molecule has 0 bridgehead atoms. The molecule has 0 amide bonds. The highest BCUT2D eigenvalue weighted by Gasteiger charge is 2.19. The molecule has 6 heteroatoms. The molecule has 2 rings (SSSR count). The first-order valence-electron chi connectivity index (χ1n) is 5.31. The minimum Gasteiger partial charge on any atom is -0.494 e. The number of methoxy groups -OCH3 is 1. The Balaban J connectivity index is 2.46. The second kappa shape index (κ2) is 5.52. The summed E-state index contributed by atoms with van der Waals surface area (Å²) in [5.74, 6) is 5.20. The van der Waals surface area contributed by atoms with Crippen LogP contribution in [-0.2, 0) is 0 Å². The van der Waals surface area contributed by atoms with E-state index in [9.17, 15) is 4.39 Å². The Kier molecular flexibility index (Phi) is 3.81. The van der Waals surface area contributed by atoms with Gasteiger partial charge in [0, 0.05) is 23.5 Å². The molecule has 1 heterocycles. The summed E-state index contributed by atoms with van der Waals surface area (Å²) in [5, 5.41) is 0. The summed E-state index contributed by atoms with van der Waals surface area (Å²) in [6.45, 7) is 0. The highest BCUT2D eigenvalue weighted by Crippen LogP contribution is 2.28. The fraction of sp³-hybridized carbons (Fsp3) is 0.167. The van der Waals surface area contributed by atoms with Crippen LogP contribution in [0.15, 0.2) is 36.9 Å². The number of aromatic nitrogens is 2. The molecular weight excluding hydrogens is 235 g/mol. The molecule has 0 saturated heterocycles. The molecule has 1 aromatic heterocycles. The number of hydrazine groups is 1. The van der Waals surface area contributed by atoms with Crippen molar-refractivity contribution >= 4 is 0 Å². The minimum atomic E-state index is -0.527. The lowest BCUT2D eigenvalue weighted by Crippen LogP contribution is -2.29. The van der Waals surface area contributed by atoms with Gasteiger partial charge >= 0.3 is 0 Å². The molecule has 1 atom stereocenters. The van der Waals surface area contributed by atoms with Crippen molar-refractivity contribution in [3.05, 3.63) is 53.9 Å². The van der Waals surface area contributed by atoms with Crippen molar-refractivity contribution in [3.8, 4) is 5.75 Å². The van der Waals surface area contributed by atoms with Crippen LogP contribution in [0.25, 0.3) is 0 Å². The van der Waals surface area contributed by atoms with Gasteiger partial charge in [0.05, 0.1) is 13.2 Å². The van der Waals surface area contributed by atoms with Crippen molar-refractivity contribution in [1.82, 2.24) is 15.4 Å². The van der Waals surface area contributed by atoms with E-state index in [0.29, 0.717) is 11.1 Å². The lowest BCUT2D eigenvalue weighted by molar-refractivity contribution is 0.381. The van der Waals surface area contributed by atoms with Crippen LogP contribution in [0.3, 0.4) is 0 Å². The third-order valence-electron chi connectivity index (χ3n) is 2.60. The molecule has 1 aromatic carbocycles. The summed E-state index contributed by atoms with van der Waals surface area (Å²) in [6, 6.07) is 4.36. The van der Waals surface area contributed by atoms with E-state index in [1.807, 2.05) is 0 Å². The summed E-state index contributed by atoms with van der Waals surface area (Å²) in [5.41, 5.74) is 3.61. The number of halogens is 1. The van der Waals surface area contributed by atoms with Crippen molar-refractivity contribution in [3.63, 3.8) is 0 Å². The molecule has 0 aliphatic rings. The Bertz CT molecular complexity index is 521. The average molecular weight is 248 g/mol. The van der Waals surface area contributed by atoms with Crippen LogP contribution in [0.1, 0.15) is 17.2 Å². The SMILES string of the molecule is COc1cccc(C(NN)c2cncnc2)c1F. The molecule has 94 valence electrons. The molecule has 5 nitrogen and oxygen atoms in total. The van der Waals surface area contributed by atoms with Gasteiger partial charge in [-0.05, 0) is 6.07 Å². The maximum absolute atomic E-state index is 14.1. The van der Waals surface area contributed by atoms with E-state index in [2.05, 4.69) is 15.4 Å². The molecule has 18 heavy (non-hydrogen) atoms. The van der Waals surface area contributed by atoms with E-state index in [-0.39, 0.29) is 5.75 Å². The Morgan fingerprint density at radius 2 is 2.06 bits per heavy atom. The van der Waals surface area contributed by atoms with Crippen molar-refractivity contribution in [2.45, 2.75) is 6.04 Å². The van der Waals surface area contributed by atoms with Crippen LogP contribution < -0.4 is 16.0 Å². The Hall–Kier alpha value is -2.05. The number of benzene rings is 1. The third kappa shape index (κ3) is 2.29. The zero-order valence-corrected chi connectivity index (χ0v) is 9.80. The number of ether oxygens (including phenoxy) is 1. The first-order chi connectivity index (χ1) is 8.77. The molecule has 0 radical (unpaired) electrons. The van der Waals surface area contributed by atoms with E-state index in [1.165, 1.54) is 13.4 Å². The van der Waals surface area contributed by atoms with Crippen LogP contribution in [0.5, 0.6) is 5.75 Å². The monoisotopic (exact) mass is 248 g/mol. The molecular formula is C12H13FN4O. The van der Waals surface area contributed by atoms with Crippen LogP contribution in [0.2, 0.25) is 0 Å². The summed E-state index contributed by atoms with van der Waals surface area (Å²) in [6.07, 6.45) is 4.56. The first-order valence-corrected chi connectivity index (χ1v) is 5.31. The number of nitrogens with two attached hydrogens (primary N) is 1. The lowest BCUT2D eigenvalue weighted by Gasteiger charge is -2.17. The number of rotatable bonds is 4. The maximum Gasteiger partial charge on any atom is 0.170 e. The maximum atomic E-state index is 14.1. The fourth-order valence-electron chi connectivity index (χ4n) is 1.73. The van der Waals surface area contributed by atoms with Crippen LogP contribution in [0, 0.1) is 5.82 Å². The Morgan fingerprint density at radius 1 is 1.33 bits per heavy atom. The predicted molar refractivity (Wildman–Crippen MR) is 64.2 cm³/mol. The van der Waals surface area contributed by atoms with Gasteiger partial charge in [-0.1, -0.05) is 12.1 Å². The topological polar surface area (TPSA) is 73.1 Å². The molecule has 3 N–H and O–H groups in total. The number of nitrogens with one attached hydrogen (secondary N) is 1. The van der Waals surface area contributed by atoms with E-state index < -0.39 is 11.9 Å². The van der Waals surface area contributed by atoms with Gasteiger partial charge in [0.1, 0.15) is 6.33 Å². The van der Waals surface area contributed by atoms with Crippen molar-refractivity contribution in [2.75, 3.05) is 7.11 Å². The second-order valence-electron chi connectivity index (χ2n) is 3.63. The molecule has 0 fully saturated rings. The van der Waals surface area contributed by atoms with Crippen molar-refractivity contribution in [1.29, 1.82) is 0 Å². The van der Waals surface area contributed by atoms with E-state index in [1.54, 1.807) is 30.6 Å². The molecule has 0 spiro atoms. The summed E-state index contributed by atoms with van der Waals surface area (Å²) >= 11 is 0. The van der Waals surface area contributed by atoms with E-state index >= 15 is 0 Å². The minimum absolute atomic E-state index is 0.171. The molecule has 2 aromatic rings. The van der Waals surface area contributed by atoms with Crippen molar-refractivity contribution < 1.29 is 9.13 Å². The first kappa shape index (κ1) is 12.4. The molecule has 0 saturated carbocycles. The summed E-state index contributed by atoms with van der Waals surface area (Å²) in [7, 11) is 1.42. The molecule has 0 aliphatic carbocycles. The van der Waals surface area contributed by atoms with Crippen LogP contribution in [0.4, 0.5) is 4.39 Å². The quantitative estimate of drug-likeness (QED) is 0.628. The highest BCUT2D eigenvalue weighted by atomic mass is 19.1. The summed E-state index contributed by atoms with van der Waals surface area (Å²) < 4.78 is 19.1. The highest BCUT2D eigenvalue weighted by molar-refractivity contribution is 5.37. The number of hydrogen-bond donors (Lipinski definition) is 2. The molecule has 1 unspecified atom stereocenters. The molecule has 0 aliphatic heterocycles. The smallest absolute Gasteiger partial charge is 0.170 e. The van der Waals surface area contributed by atoms with E-state index in [0.717, 1.165) is 0 Å². The van der Waals surface area contributed by atoms with Gasteiger partial charge in [-0.3, -0.25) is 5.84 Å². The standard InChI is InChI=1S/C12H13FN4O/c1-18-10-4-2-3-9(11(10)13)12(17-14)8-5-15-7-16-6-8/h2-7,12,17H,14H2,1H3. The third-order valence-corrected chi connectivity index (χ3v) is 2.60. The van der Waals surface area contributed by atoms with Crippen LogP contribution in [-0.4, -0.2) is 17.1 Å². The fourth-order valence-corrected chi connectivity index (χ4v) is 1.73. The van der Waals surface area contributed by atoms with Gasteiger partial charge in [0.15, 0.2) is 11.6 Å². The summed E-state index contributed by atoms with van der Waals surface area (Å²) in [4.78, 5) is 7.78. The Morgan fingerprint density at radius 3 is 2.67 bits per heavy atom. The van der Waals surface area contributed by atoms with Gasteiger partial charge in [-0.25, -0.2) is 19.8 Å². The normalized spacial score (nSPS) is 12.2. The van der Waals surface area contributed by atoms with E-state index in [4.69, 9.17) is 10.6 Å². The number of hydrogen-bond acceptors (Lipinski definition) is 5. The van der Waals surface area contributed by atoms with Gasteiger partial charge in [-0.15, -0.1) is 0 Å². The lowest BCUT2D eigenvalue weighted by atomic mass is 10.0. The second-order valence-corrected chi connectivity index (χ2v) is 3.63. The van der Waals surface area contributed by atoms with Crippen LogP contribution >= 0.6 is 0 Å². The predicted octanol–water partition coefficient (Wildman–Crippen LogP) is 1.18. The average Bonchev–Trinajstić information content (AvgIpc) is 2.43. The zero-order chi connectivity index (χ0) is 13.0.